The van der Waals surface area contributed by atoms with Gasteiger partial charge < -0.3 is 23.9 Å². The van der Waals surface area contributed by atoms with E-state index < -0.39 is 10.8 Å². The molecule has 0 saturated heterocycles. The van der Waals surface area contributed by atoms with Crippen molar-refractivity contribution in [3.8, 4) is 22.6 Å². The van der Waals surface area contributed by atoms with Crippen LogP contribution in [0.4, 0.5) is 5.69 Å². The highest BCUT2D eigenvalue weighted by atomic mass is 32.2. The third-order valence-electron chi connectivity index (χ3n) is 7.88. The van der Waals surface area contributed by atoms with Crippen LogP contribution in [0.5, 0.6) is 5.75 Å². The van der Waals surface area contributed by atoms with Gasteiger partial charge >= 0.3 is 0 Å². The molecule has 1 amide bonds. The van der Waals surface area contributed by atoms with E-state index in [4.69, 9.17) is 9.47 Å². The number of ether oxygens (including phenoxy) is 2. The fourth-order valence-electron chi connectivity index (χ4n) is 5.24. The summed E-state index contributed by atoms with van der Waals surface area (Å²) in [6.45, 7) is 8.76. The van der Waals surface area contributed by atoms with Gasteiger partial charge in [0.1, 0.15) is 12.4 Å². The summed E-state index contributed by atoms with van der Waals surface area (Å²) in [4.78, 5) is 18.2. The number of nitrogens with zero attached hydrogens (tertiary/aromatic N) is 3. The largest absolute Gasteiger partial charge is 0.491 e. The van der Waals surface area contributed by atoms with Crippen molar-refractivity contribution in [1.82, 2.24) is 14.1 Å². The zero-order chi connectivity index (χ0) is 33.7. The van der Waals surface area contributed by atoms with Crippen molar-refractivity contribution in [2.45, 2.75) is 57.2 Å². The van der Waals surface area contributed by atoms with Crippen molar-refractivity contribution >= 4 is 28.5 Å². The molecule has 1 N–H and O–H groups in total. The first-order valence-electron chi connectivity index (χ1n) is 16.5. The summed E-state index contributed by atoms with van der Waals surface area (Å²) in [5.41, 5.74) is 6.09. The Bertz CT molecular complexity index is 1810. The average molecular weight is 665 g/mol. The summed E-state index contributed by atoms with van der Waals surface area (Å²) in [5.74, 6) is 0.979. The molecule has 1 unspecified atom stereocenters. The third-order valence-corrected chi connectivity index (χ3v) is 9.24. The lowest BCUT2D eigenvalue weighted by Crippen LogP contribution is -2.12. The van der Waals surface area contributed by atoms with Gasteiger partial charge in [0.15, 0.2) is 0 Å². The summed E-state index contributed by atoms with van der Waals surface area (Å²) in [5, 5.41) is 2.99. The van der Waals surface area contributed by atoms with Gasteiger partial charge in [0.2, 0.25) is 0 Å². The molecule has 1 atom stereocenters. The first-order valence-corrected chi connectivity index (χ1v) is 17.8. The second kappa shape index (κ2) is 17.4. The number of anilines is 1. The zero-order valence-corrected chi connectivity index (χ0v) is 28.7. The Kier molecular flexibility index (Phi) is 12.6. The van der Waals surface area contributed by atoms with Gasteiger partial charge in [0, 0.05) is 47.9 Å². The van der Waals surface area contributed by atoms with Crippen molar-refractivity contribution in [3.63, 3.8) is 0 Å². The van der Waals surface area contributed by atoms with Crippen molar-refractivity contribution in [3.05, 3.63) is 121 Å². The molecule has 0 radical (unpaired) electrons. The van der Waals surface area contributed by atoms with Crippen LogP contribution >= 0.6 is 0 Å². The Balaban J connectivity index is 1.26. The van der Waals surface area contributed by atoms with E-state index in [0.29, 0.717) is 35.1 Å². The molecule has 0 aliphatic heterocycles. The maximum Gasteiger partial charge on any atom is 0.251 e. The number of aromatic nitrogens is 3. The summed E-state index contributed by atoms with van der Waals surface area (Å²) in [6.07, 6.45) is 12.6. The van der Waals surface area contributed by atoms with Crippen LogP contribution in [-0.4, -0.2) is 44.1 Å². The van der Waals surface area contributed by atoms with Crippen molar-refractivity contribution in [2.75, 3.05) is 25.1 Å². The van der Waals surface area contributed by atoms with E-state index in [9.17, 15) is 9.00 Å². The molecule has 9 heteroatoms. The fraction of sp³-hybridized carbons (Fsp3) is 0.282. The molecular weight excluding hydrogens is 621 g/mol. The molecule has 0 fully saturated rings. The quantitative estimate of drug-likeness (QED) is 0.0799. The number of hydrogen-bond acceptors (Lipinski definition) is 5. The van der Waals surface area contributed by atoms with E-state index >= 15 is 0 Å². The predicted molar refractivity (Wildman–Crippen MR) is 194 cm³/mol. The van der Waals surface area contributed by atoms with Crippen molar-refractivity contribution in [2.24, 2.45) is 0 Å². The summed E-state index contributed by atoms with van der Waals surface area (Å²) in [7, 11) is -1.22. The molecule has 2 aromatic heterocycles. The number of carbonyl (C=O) groups excluding carboxylic acids is 1. The zero-order valence-electron chi connectivity index (χ0n) is 27.9. The SMILES string of the molecule is CCCCOCCOc1ccc(-c2ccc(-n3cccc3)c(C=C(C)C(=O)Nc3ccc(S(=O)Cc4cncn4CCC)cc3)c2)cc1. The molecule has 3 aromatic carbocycles. The number of carbonyl (C=O) groups is 1. The van der Waals surface area contributed by atoms with Crippen LogP contribution in [0.25, 0.3) is 22.9 Å². The molecule has 250 valence electrons. The second-order valence-electron chi connectivity index (χ2n) is 11.6. The lowest BCUT2D eigenvalue weighted by Gasteiger charge is -2.13. The lowest BCUT2D eigenvalue weighted by molar-refractivity contribution is -0.112. The van der Waals surface area contributed by atoms with E-state index in [0.717, 1.165) is 66.2 Å². The van der Waals surface area contributed by atoms with Crippen molar-refractivity contribution < 1.29 is 18.5 Å². The first-order chi connectivity index (χ1) is 23.4. The first kappa shape index (κ1) is 34.6. The summed E-state index contributed by atoms with van der Waals surface area (Å²) < 4.78 is 28.5. The van der Waals surface area contributed by atoms with Gasteiger partial charge in [0.05, 0.1) is 40.9 Å². The topological polar surface area (TPSA) is 87.4 Å². The molecule has 0 aliphatic rings. The number of unbranched alkanes of at least 4 members (excludes halogenated alkanes) is 1. The molecule has 0 saturated carbocycles. The van der Waals surface area contributed by atoms with E-state index in [1.807, 2.05) is 70.9 Å². The average Bonchev–Trinajstić information content (AvgIpc) is 3.80. The highest BCUT2D eigenvalue weighted by molar-refractivity contribution is 7.84. The molecular formula is C39H44N4O4S. The van der Waals surface area contributed by atoms with Crippen LogP contribution in [0.1, 0.15) is 51.3 Å². The van der Waals surface area contributed by atoms with Crippen molar-refractivity contribution in [1.29, 1.82) is 0 Å². The van der Waals surface area contributed by atoms with E-state index in [1.54, 1.807) is 36.8 Å². The van der Waals surface area contributed by atoms with Gasteiger partial charge in [-0.25, -0.2) is 4.98 Å². The Morgan fingerprint density at radius 2 is 1.67 bits per heavy atom. The van der Waals surface area contributed by atoms with Gasteiger partial charge in [-0.05, 0) is 103 Å². The van der Waals surface area contributed by atoms with Crippen LogP contribution in [0.2, 0.25) is 0 Å². The summed E-state index contributed by atoms with van der Waals surface area (Å²) in [6, 6.07) is 25.4. The highest BCUT2D eigenvalue weighted by Crippen LogP contribution is 2.28. The molecule has 0 bridgehead atoms. The number of nitrogens with one attached hydrogen (secondary N) is 1. The van der Waals surface area contributed by atoms with Crippen LogP contribution in [-0.2, 0) is 32.6 Å². The Labute approximate surface area is 285 Å². The van der Waals surface area contributed by atoms with Gasteiger partial charge in [-0.1, -0.05) is 38.5 Å². The Morgan fingerprint density at radius 3 is 2.40 bits per heavy atom. The Morgan fingerprint density at radius 1 is 0.917 bits per heavy atom. The smallest absolute Gasteiger partial charge is 0.251 e. The minimum atomic E-state index is -1.22. The van der Waals surface area contributed by atoms with Crippen LogP contribution in [0.15, 0.2) is 114 Å². The number of aryl methyl sites for hydroxylation is 1. The second-order valence-corrected chi connectivity index (χ2v) is 13.0. The van der Waals surface area contributed by atoms with Crippen LogP contribution in [0.3, 0.4) is 0 Å². The fourth-order valence-corrected chi connectivity index (χ4v) is 6.35. The number of amides is 1. The lowest BCUT2D eigenvalue weighted by atomic mass is 10.00. The number of benzene rings is 3. The molecule has 2 heterocycles. The number of rotatable bonds is 17. The van der Waals surface area contributed by atoms with E-state index in [2.05, 4.69) is 42.3 Å². The van der Waals surface area contributed by atoms with Gasteiger partial charge in [-0.2, -0.15) is 0 Å². The molecule has 48 heavy (non-hydrogen) atoms. The molecule has 8 nitrogen and oxygen atoms in total. The number of imidazole rings is 1. The van der Waals surface area contributed by atoms with Gasteiger partial charge in [-0.15, -0.1) is 0 Å². The van der Waals surface area contributed by atoms with Gasteiger partial charge in [0.25, 0.3) is 5.91 Å². The minimum Gasteiger partial charge on any atom is -0.491 e. The monoisotopic (exact) mass is 664 g/mol. The molecule has 0 spiro atoms. The normalized spacial score (nSPS) is 12.2. The maximum atomic E-state index is 13.3. The van der Waals surface area contributed by atoms with E-state index in [-0.39, 0.29) is 5.91 Å². The maximum absolute atomic E-state index is 13.3. The molecule has 5 aromatic rings. The standard InChI is InChI=1S/C39H44N4O4S/c1-4-6-22-46-23-24-47-36-14-9-31(10-15-36)32-11-18-38(42-20-7-8-21-42)33(26-32)25-30(3)39(44)41-34-12-16-37(17-13-34)48(45)28-35-27-40-29-43(35)19-5-2/h7-18,20-21,25-27,29H,4-6,19,22-24,28H2,1-3H3,(H,41,44). The van der Waals surface area contributed by atoms with Crippen LogP contribution < -0.4 is 10.1 Å². The van der Waals surface area contributed by atoms with E-state index in [1.165, 1.54) is 0 Å². The molecule has 5 rings (SSSR count). The van der Waals surface area contributed by atoms with Gasteiger partial charge in [-0.3, -0.25) is 9.00 Å². The third kappa shape index (κ3) is 9.42. The molecule has 0 aliphatic carbocycles. The highest BCUT2D eigenvalue weighted by Gasteiger charge is 2.12. The Hall–Kier alpha value is -4.73. The number of hydrogen-bond donors (Lipinski definition) is 1. The van der Waals surface area contributed by atoms with Crippen LogP contribution in [0, 0.1) is 0 Å². The minimum absolute atomic E-state index is 0.212. The summed E-state index contributed by atoms with van der Waals surface area (Å²) >= 11 is 0. The predicted octanol–water partition coefficient (Wildman–Crippen LogP) is 8.30.